The van der Waals surface area contributed by atoms with Crippen LogP contribution in [0.15, 0.2) is 15.9 Å². The van der Waals surface area contributed by atoms with Crippen LogP contribution in [0.1, 0.15) is 18.7 Å². The standard InChI is InChI=1S/C11H19BrN2S/c1-8(9(2)13)5-14(3)6-11-4-10(12)7-15-11/h4,7-9H,5-6,13H2,1-3H3. The Hall–Kier alpha value is 0.1000. The lowest BCUT2D eigenvalue weighted by Crippen LogP contribution is -2.33. The predicted molar refractivity (Wildman–Crippen MR) is 71.2 cm³/mol. The van der Waals surface area contributed by atoms with Crippen molar-refractivity contribution >= 4 is 27.3 Å². The summed E-state index contributed by atoms with van der Waals surface area (Å²) in [4.78, 5) is 3.72. The summed E-state index contributed by atoms with van der Waals surface area (Å²) in [5, 5.41) is 2.12. The van der Waals surface area contributed by atoms with Gasteiger partial charge in [-0.05, 0) is 41.9 Å². The highest BCUT2D eigenvalue weighted by atomic mass is 79.9. The molecule has 0 amide bonds. The Morgan fingerprint density at radius 1 is 1.53 bits per heavy atom. The first-order valence-corrected chi connectivity index (χ1v) is 6.83. The second-order valence-electron chi connectivity index (χ2n) is 4.26. The molecule has 4 heteroatoms. The van der Waals surface area contributed by atoms with E-state index >= 15 is 0 Å². The Balaban J connectivity index is 2.39. The maximum Gasteiger partial charge on any atom is 0.0325 e. The van der Waals surface area contributed by atoms with Crippen LogP contribution < -0.4 is 5.73 Å². The predicted octanol–water partition coefficient (Wildman–Crippen LogP) is 2.93. The van der Waals surface area contributed by atoms with Gasteiger partial charge in [0.05, 0.1) is 0 Å². The van der Waals surface area contributed by atoms with Crippen molar-refractivity contribution < 1.29 is 0 Å². The number of hydrogen-bond donors (Lipinski definition) is 1. The Morgan fingerprint density at radius 3 is 2.67 bits per heavy atom. The van der Waals surface area contributed by atoms with Crippen molar-refractivity contribution in [3.8, 4) is 0 Å². The van der Waals surface area contributed by atoms with E-state index in [1.165, 1.54) is 9.35 Å². The highest BCUT2D eigenvalue weighted by Gasteiger charge is 2.11. The van der Waals surface area contributed by atoms with Crippen molar-refractivity contribution in [3.05, 3.63) is 20.8 Å². The summed E-state index contributed by atoms with van der Waals surface area (Å²) in [5.74, 6) is 0.540. The molecular formula is C11H19BrN2S. The summed E-state index contributed by atoms with van der Waals surface area (Å²) in [7, 11) is 2.15. The van der Waals surface area contributed by atoms with Gasteiger partial charge in [-0.15, -0.1) is 11.3 Å². The maximum absolute atomic E-state index is 5.85. The van der Waals surface area contributed by atoms with Crippen LogP contribution in [0.25, 0.3) is 0 Å². The number of rotatable bonds is 5. The van der Waals surface area contributed by atoms with Gasteiger partial charge in [0.15, 0.2) is 0 Å². The lowest BCUT2D eigenvalue weighted by atomic mass is 10.0. The fourth-order valence-corrected chi connectivity index (χ4v) is 2.96. The smallest absolute Gasteiger partial charge is 0.0325 e. The van der Waals surface area contributed by atoms with Gasteiger partial charge in [-0.1, -0.05) is 6.92 Å². The van der Waals surface area contributed by atoms with Crippen molar-refractivity contribution in [3.63, 3.8) is 0 Å². The van der Waals surface area contributed by atoms with E-state index in [9.17, 15) is 0 Å². The zero-order chi connectivity index (χ0) is 11.4. The van der Waals surface area contributed by atoms with Crippen LogP contribution >= 0.6 is 27.3 Å². The number of thiophene rings is 1. The first-order chi connectivity index (χ1) is 6.99. The molecule has 0 fully saturated rings. The van der Waals surface area contributed by atoms with Crippen LogP contribution in [0, 0.1) is 5.92 Å². The first kappa shape index (κ1) is 13.2. The third kappa shape index (κ3) is 4.64. The van der Waals surface area contributed by atoms with Crippen molar-refractivity contribution in [2.24, 2.45) is 11.7 Å². The molecule has 0 spiro atoms. The molecule has 15 heavy (non-hydrogen) atoms. The Labute approximate surface area is 105 Å². The largest absolute Gasteiger partial charge is 0.328 e. The quantitative estimate of drug-likeness (QED) is 0.904. The number of hydrogen-bond acceptors (Lipinski definition) is 3. The Morgan fingerprint density at radius 2 is 2.20 bits per heavy atom. The van der Waals surface area contributed by atoms with Crippen LogP contribution in [0.5, 0.6) is 0 Å². The average Bonchev–Trinajstić information content (AvgIpc) is 2.50. The van der Waals surface area contributed by atoms with Crippen LogP contribution in [0.3, 0.4) is 0 Å². The van der Waals surface area contributed by atoms with E-state index in [2.05, 4.69) is 53.2 Å². The highest BCUT2D eigenvalue weighted by molar-refractivity contribution is 9.10. The maximum atomic E-state index is 5.85. The SMILES string of the molecule is CC(N)C(C)CN(C)Cc1cc(Br)cs1. The van der Waals surface area contributed by atoms with Crippen LogP contribution in [-0.2, 0) is 6.54 Å². The van der Waals surface area contributed by atoms with Gasteiger partial charge < -0.3 is 10.6 Å². The molecule has 86 valence electrons. The molecule has 0 aliphatic rings. The second kappa shape index (κ2) is 5.99. The van der Waals surface area contributed by atoms with Gasteiger partial charge in [-0.25, -0.2) is 0 Å². The molecule has 0 aliphatic heterocycles. The molecular weight excluding hydrogens is 272 g/mol. The summed E-state index contributed by atoms with van der Waals surface area (Å²) >= 11 is 5.26. The first-order valence-electron chi connectivity index (χ1n) is 5.16. The van der Waals surface area contributed by atoms with Gasteiger partial charge in [0.25, 0.3) is 0 Å². The van der Waals surface area contributed by atoms with E-state index in [0.717, 1.165) is 13.1 Å². The molecule has 2 N–H and O–H groups in total. The van der Waals surface area contributed by atoms with Crippen molar-refractivity contribution in [1.29, 1.82) is 0 Å². The van der Waals surface area contributed by atoms with E-state index in [0.29, 0.717) is 5.92 Å². The molecule has 2 atom stereocenters. The minimum atomic E-state index is 0.266. The van der Waals surface area contributed by atoms with Gasteiger partial charge in [-0.3, -0.25) is 0 Å². The molecule has 0 aromatic carbocycles. The zero-order valence-electron chi connectivity index (χ0n) is 9.53. The topological polar surface area (TPSA) is 29.3 Å². The number of nitrogens with zero attached hydrogens (tertiary/aromatic N) is 1. The average molecular weight is 291 g/mol. The van der Waals surface area contributed by atoms with Crippen LogP contribution in [0.4, 0.5) is 0 Å². The summed E-state index contributed by atoms with van der Waals surface area (Å²) in [6, 6.07) is 2.44. The third-order valence-electron chi connectivity index (χ3n) is 2.54. The molecule has 2 unspecified atom stereocenters. The van der Waals surface area contributed by atoms with Gasteiger partial charge in [0.1, 0.15) is 0 Å². The van der Waals surface area contributed by atoms with E-state index < -0.39 is 0 Å². The fourth-order valence-electron chi connectivity index (χ4n) is 1.43. The second-order valence-corrected chi connectivity index (χ2v) is 6.18. The zero-order valence-corrected chi connectivity index (χ0v) is 11.9. The van der Waals surface area contributed by atoms with Crippen LogP contribution in [0.2, 0.25) is 0 Å². The van der Waals surface area contributed by atoms with E-state index in [1.54, 1.807) is 11.3 Å². The normalized spacial score (nSPS) is 15.6. The minimum absolute atomic E-state index is 0.266. The van der Waals surface area contributed by atoms with E-state index in [1.807, 2.05) is 0 Å². The van der Waals surface area contributed by atoms with Gasteiger partial charge in [-0.2, -0.15) is 0 Å². The van der Waals surface area contributed by atoms with Crippen molar-refractivity contribution in [2.75, 3.05) is 13.6 Å². The summed E-state index contributed by atoms with van der Waals surface area (Å²) < 4.78 is 1.18. The lowest BCUT2D eigenvalue weighted by molar-refractivity contribution is 0.263. The molecule has 2 nitrogen and oxygen atoms in total. The highest BCUT2D eigenvalue weighted by Crippen LogP contribution is 2.21. The number of nitrogens with two attached hydrogens (primary N) is 1. The Kier molecular flexibility index (Phi) is 5.26. The monoisotopic (exact) mass is 290 g/mol. The molecule has 0 saturated heterocycles. The fraction of sp³-hybridized carbons (Fsp3) is 0.636. The van der Waals surface area contributed by atoms with Crippen LogP contribution in [-0.4, -0.2) is 24.5 Å². The molecule has 0 saturated carbocycles. The summed E-state index contributed by atoms with van der Waals surface area (Å²) in [6.45, 7) is 6.33. The molecule has 1 aromatic rings. The van der Waals surface area contributed by atoms with E-state index in [-0.39, 0.29) is 6.04 Å². The molecule has 0 bridgehead atoms. The van der Waals surface area contributed by atoms with Gasteiger partial charge in [0, 0.05) is 33.9 Å². The Bertz CT molecular complexity index is 299. The van der Waals surface area contributed by atoms with E-state index in [4.69, 9.17) is 5.73 Å². The van der Waals surface area contributed by atoms with Crippen molar-refractivity contribution in [1.82, 2.24) is 4.90 Å². The molecule has 0 aliphatic carbocycles. The molecule has 0 radical (unpaired) electrons. The van der Waals surface area contributed by atoms with Crippen molar-refractivity contribution in [2.45, 2.75) is 26.4 Å². The molecule has 1 heterocycles. The van der Waals surface area contributed by atoms with Gasteiger partial charge in [0.2, 0.25) is 0 Å². The lowest BCUT2D eigenvalue weighted by Gasteiger charge is -2.23. The molecule has 1 aromatic heterocycles. The summed E-state index contributed by atoms with van der Waals surface area (Å²) in [6.07, 6.45) is 0. The summed E-state index contributed by atoms with van der Waals surface area (Å²) in [5.41, 5.74) is 5.85. The van der Waals surface area contributed by atoms with Gasteiger partial charge >= 0.3 is 0 Å². The minimum Gasteiger partial charge on any atom is -0.328 e. The third-order valence-corrected chi connectivity index (χ3v) is 4.23. The molecule has 1 rings (SSSR count). The number of halogens is 1.